The van der Waals surface area contributed by atoms with Crippen molar-refractivity contribution in [3.8, 4) is 5.75 Å². The zero-order valence-electron chi connectivity index (χ0n) is 14.8. The Morgan fingerprint density at radius 1 is 0.955 bits per heavy atom. The van der Waals surface area contributed by atoms with Gasteiger partial charge in [-0.15, -0.1) is 0 Å². The molecule has 0 aliphatic heterocycles. The zero-order valence-corrected chi connectivity index (χ0v) is 14.8. The van der Waals surface area contributed by atoms with Gasteiger partial charge < -0.3 is 10.1 Å². The largest absolute Gasteiger partial charge is 0.496 e. The topological polar surface area (TPSA) is 21.3 Å². The number of hydrogen-bond acceptors (Lipinski definition) is 2. The maximum absolute atomic E-state index is 5.58. The van der Waals surface area contributed by atoms with E-state index in [0.29, 0.717) is 5.41 Å². The minimum Gasteiger partial charge on any atom is -0.496 e. The van der Waals surface area contributed by atoms with Crippen LogP contribution in [0.3, 0.4) is 0 Å². The molecule has 0 amide bonds. The van der Waals surface area contributed by atoms with Gasteiger partial charge in [0.25, 0.3) is 0 Å². The molecule has 0 aliphatic carbocycles. The van der Waals surface area contributed by atoms with Crippen molar-refractivity contribution < 1.29 is 4.74 Å². The summed E-state index contributed by atoms with van der Waals surface area (Å²) in [5.74, 6) is 0.956. The molecule has 0 bridgehead atoms. The van der Waals surface area contributed by atoms with Crippen LogP contribution >= 0.6 is 0 Å². The van der Waals surface area contributed by atoms with Crippen LogP contribution in [0.4, 0.5) is 0 Å². The Kier molecular flexibility index (Phi) is 4.81. The van der Waals surface area contributed by atoms with Crippen LogP contribution in [0.2, 0.25) is 0 Å². The van der Waals surface area contributed by atoms with Gasteiger partial charge in [-0.3, -0.25) is 0 Å². The summed E-state index contributed by atoms with van der Waals surface area (Å²) < 4.78 is 5.58. The van der Waals surface area contributed by atoms with E-state index in [9.17, 15) is 0 Å². The van der Waals surface area contributed by atoms with Crippen LogP contribution in [0.15, 0.2) is 36.4 Å². The van der Waals surface area contributed by atoms with Gasteiger partial charge in [0.05, 0.1) is 7.11 Å². The minimum atomic E-state index is 0.0835. The van der Waals surface area contributed by atoms with Gasteiger partial charge in [0.15, 0.2) is 0 Å². The Morgan fingerprint density at radius 2 is 1.64 bits per heavy atom. The summed E-state index contributed by atoms with van der Waals surface area (Å²) in [5.41, 5.74) is 1.63. The molecule has 2 aromatic rings. The highest BCUT2D eigenvalue weighted by molar-refractivity contribution is 5.87. The molecule has 120 valence electrons. The normalized spacial score (nSPS) is 12.6. The van der Waals surface area contributed by atoms with E-state index in [1.165, 1.54) is 16.3 Å². The predicted octanol–water partition coefficient (Wildman–Crippen LogP) is 5.15. The summed E-state index contributed by atoms with van der Waals surface area (Å²) >= 11 is 0. The highest BCUT2D eigenvalue weighted by atomic mass is 16.5. The monoisotopic (exact) mass is 299 g/mol. The summed E-state index contributed by atoms with van der Waals surface area (Å²) in [6.07, 6.45) is 1.12. The molecular weight excluding hydrogens is 270 g/mol. The SMILES string of the molecule is COc1ccc2ccccc2c1CNC(C)(C)CC(C)(C)C. The summed E-state index contributed by atoms with van der Waals surface area (Å²) in [5, 5.41) is 6.24. The Morgan fingerprint density at radius 3 is 2.27 bits per heavy atom. The lowest BCUT2D eigenvalue weighted by atomic mass is 9.81. The number of hydrogen-bond donors (Lipinski definition) is 1. The average molecular weight is 299 g/mol. The molecular formula is C20H29NO. The van der Waals surface area contributed by atoms with E-state index in [1.807, 2.05) is 0 Å². The number of fused-ring (bicyclic) bond motifs is 1. The molecule has 0 aromatic heterocycles. The first-order chi connectivity index (χ1) is 10.2. The molecule has 0 unspecified atom stereocenters. The van der Waals surface area contributed by atoms with Crippen molar-refractivity contribution in [1.29, 1.82) is 0 Å². The molecule has 2 heteroatoms. The van der Waals surface area contributed by atoms with Crippen LogP contribution in [0.25, 0.3) is 10.8 Å². The first kappa shape index (κ1) is 16.8. The second-order valence-electron chi connectivity index (χ2n) is 7.94. The van der Waals surface area contributed by atoms with Crippen LogP contribution in [-0.4, -0.2) is 12.6 Å². The molecule has 0 spiro atoms. The number of ether oxygens (including phenoxy) is 1. The third-order valence-electron chi connectivity index (χ3n) is 3.93. The second-order valence-corrected chi connectivity index (χ2v) is 7.94. The second kappa shape index (κ2) is 6.29. The van der Waals surface area contributed by atoms with Crippen LogP contribution in [0.1, 0.15) is 46.6 Å². The van der Waals surface area contributed by atoms with Gasteiger partial charge in [0.2, 0.25) is 0 Å². The molecule has 0 atom stereocenters. The smallest absolute Gasteiger partial charge is 0.123 e. The van der Waals surface area contributed by atoms with Crippen LogP contribution in [0, 0.1) is 5.41 Å². The van der Waals surface area contributed by atoms with Crippen molar-refractivity contribution in [2.45, 2.75) is 53.1 Å². The Labute approximate surface area is 134 Å². The first-order valence-electron chi connectivity index (χ1n) is 8.01. The third-order valence-corrected chi connectivity index (χ3v) is 3.93. The van der Waals surface area contributed by atoms with Gasteiger partial charge in [-0.25, -0.2) is 0 Å². The summed E-state index contributed by atoms with van der Waals surface area (Å²) in [4.78, 5) is 0. The van der Waals surface area contributed by atoms with Gasteiger partial charge in [-0.2, -0.15) is 0 Å². The number of rotatable bonds is 5. The van der Waals surface area contributed by atoms with Gasteiger partial charge in [-0.1, -0.05) is 51.1 Å². The number of benzene rings is 2. The quantitative estimate of drug-likeness (QED) is 0.824. The summed E-state index contributed by atoms with van der Waals surface area (Å²) in [6.45, 7) is 12.2. The molecule has 0 heterocycles. The van der Waals surface area contributed by atoms with Crippen molar-refractivity contribution >= 4 is 10.8 Å². The van der Waals surface area contributed by atoms with E-state index < -0.39 is 0 Å². The minimum absolute atomic E-state index is 0.0835. The Hall–Kier alpha value is -1.54. The molecule has 0 aliphatic rings. The standard InChI is InChI=1S/C20H29NO/c1-19(2,3)14-20(4,5)21-13-17-16-10-8-7-9-15(16)11-12-18(17)22-6/h7-12,21H,13-14H2,1-6H3. The van der Waals surface area contributed by atoms with Crippen molar-refractivity contribution in [2.24, 2.45) is 5.41 Å². The van der Waals surface area contributed by atoms with E-state index in [1.54, 1.807) is 7.11 Å². The maximum Gasteiger partial charge on any atom is 0.123 e. The van der Waals surface area contributed by atoms with Crippen molar-refractivity contribution in [3.63, 3.8) is 0 Å². The van der Waals surface area contributed by atoms with E-state index in [0.717, 1.165) is 18.7 Å². The molecule has 22 heavy (non-hydrogen) atoms. The number of methoxy groups -OCH3 is 1. The molecule has 0 saturated carbocycles. The molecule has 0 fully saturated rings. The summed E-state index contributed by atoms with van der Waals surface area (Å²) in [7, 11) is 1.74. The lowest BCUT2D eigenvalue weighted by Gasteiger charge is -2.34. The van der Waals surface area contributed by atoms with E-state index >= 15 is 0 Å². The fraction of sp³-hybridized carbons (Fsp3) is 0.500. The number of nitrogens with one attached hydrogen (secondary N) is 1. The highest BCUT2D eigenvalue weighted by Gasteiger charge is 2.25. The average Bonchev–Trinajstić information content (AvgIpc) is 2.42. The van der Waals surface area contributed by atoms with Crippen LogP contribution in [0.5, 0.6) is 5.75 Å². The van der Waals surface area contributed by atoms with Crippen molar-refractivity contribution in [3.05, 3.63) is 42.0 Å². The molecule has 2 nitrogen and oxygen atoms in total. The van der Waals surface area contributed by atoms with E-state index in [-0.39, 0.29) is 5.54 Å². The zero-order chi connectivity index (χ0) is 16.4. The first-order valence-corrected chi connectivity index (χ1v) is 8.01. The van der Waals surface area contributed by atoms with Gasteiger partial charge in [0.1, 0.15) is 5.75 Å². The molecule has 2 rings (SSSR count). The fourth-order valence-electron chi connectivity index (χ4n) is 3.41. The van der Waals surface area contributed by atoms with Crippen molar-refractivity contribution in [2.75, 3.05) is 7.11 Å². The van der Waals surface area contributed by atoms with E-state index in [2.05, 4.69) is 76.3 Å². The van der Waals surface area contributed by atoms with Gasteiger partial charge in [-0.05, 0) is 42.5 Å². The predicted molar refractivity (Wildman–Crippen MR) is 95.5 cm³/mol. The highest BCUT2D eigenvalue weighted by Crippen LogP contribution is 2.30. The van der Waals surface area contributed by atoms with E-state index in [4.69, 9.17) is 4.74 Å². The van der Waals surface area contributed by atoms with Crippen molar-refractivity contribution in [1.82, 2.24) is 5.32 Å². The summed E-state index contributed by atoms with van der Waals surface area (Å²) in [6, 6.07) is 12.7. The van der Waals surface area contributed by atoms with Gasteiger partial charge in [0, 0.05) is 17.6 Å². The Bertz CT molecular complexity index is 638. The Balaban J connectivity index is 2.27. The molecule has 2 aromatic carbocycles. The lowest BCUT2D eigenvalue weighted by Crippen LogP contribution is -2.41. The molecule has 1 N–H and O–H groups in total. The molecule has 0 saturated heterocycles. The van der Waals surface area contributed by atoms with Crippen LogP contribution < -0.4 is 10.1 Å². The third kappa shape index (κ3) is 4.23. The maximum atomic E-state index is 5.58. The molecule has 0 radical (unpaired) electrons. The lowest BCUT2D eigenvalue weighted by molar-refractivity contribution is 0.240. The van der Waals surface area contributed by atoms with Crippen LogP contribution in [-0.2, 0) is 6.54 Å². The fourth-order valence-corrected chi connectivity index (χ4v) is 3.41. The van der Waals surface area contributed by atoms with Gasteiger partial charge >= 0.3 is 0 Å².